The first-order valence-corrected chi connectivity index (χ1v) is 5.87. The molecule has 0 aliphatic rings. The lowest BCUT2D eigenvalue weighted by Crippen LogP contribution is -2.43. The van der Waals surface area contributed by atoms with Crippen molar-refractivity contribution in [2.45, 2.75) is 12.5 Å². The Morgan fingerprint density at radius 3 is 1.96 bits per heavy atom. The molecule has 0 unspecified atom stereocenters. The van der Waals surface area contributed by atoms with Gasteiger partial charge in [-0.3, -0.25) is 29.8 Å². The summed E-state index contributed by atoms with van der Waals surface area (Å²) in [6.07, 6.45) is -0.710. The van der Waals surface area contributed by atoms with Crippen LogP contribution in [0.1, 0.15) is 16.8 Å². The number of hydrogen-bond acceptors (Lipinski definition) is 7. The van der Waals surface area contributed by atoms with E-state index >= 15 is 0 Å². The molecule has 122 valence electrons. The van der Waals surface area contributed by atoms with Crippen molar-refractivity contribution in [1.82, 2.24) is 5.32 Å². The minimum atomic E-state index is -1.67. The van der Waals surface area contributed by atoms with Gasteiger partial charge in [-0.1, -0.05) is 0 Å². The summed E-state index contributed by atoms with van der Waals surface area (Å²) < 4.78 is 0. The molecule has 0 aromatic heterocycles. The van der Waals surface area contributed by atoms with E-state index in [-0.39, 0.29) is 0 Å². The first kappa shape index (κ1) is 17.5. The highest BCUT2D eigenvalue weighted by atomic mass is 16.6. The van der Waals surface area contributed by atoms with Crippen LogP contribution < -0.4 is 11.1 Å². The van der Waals surface area contributed by atoms with E-state index < -0.39 is 57.0 Å². The molecular formula is C11H10N4O8. The van der Waals surface area contributed by atoms with E-state index in [4.69, 9.17) is 10.8 Å². The van der Waals surface area contributed by atoms with Gasteiger partial charge in [0.2, 0.25) is 5.91 Å². The van der Waals surface area contributed by atoms with E-state index in [0.717, 1.165) is 12.1 Å². The molecule has 1 atom stereocenters. The SMILES string of the molecule is NC(=O)C[C@@H](NC(=O)c1cc([N+](=O)[O-])cc([N+](=O)[O-])c1)C(=O)O. The van der Waals surface area contributed by atoms with Crippen molar-refractivity contribution < 1.29 is 29.3 Å². The number of carbonyl (C=O) groups is 3. The van der Waals surface area contributed by atoms with Gasteiger partial charge in [-0.05, 0) is 0 Å². The van der Waals surface area contributed by atoms with Gasteiger partial charge in [0.15, 0.2) is 0 Å². The molecular weight excluding hydrogens is 316 g/mol. The molecule has 0 spiro atoms. The number of nitro groups is 2. The van der Waals surface area contributed by atoms with E-state index in [2.05, 4.69) is 0 Å². The van der Waals surface area contributed by atoms with Crippen LogP contribution in [0.5, 0.6) is 0 Å². The van der Waals surface area contributed by atoms with Gasteiger partial charge in [0.25, 0.3) is 17.3 Å². The fourth-order valence-corrected chi connectivity index (χ4v) is 1.58. The van der Waals surface area contributed by atoms with Crippen LogP contribution in [0.4, 0.5) is 11.4 Å². The third-order valence-electron chi connectivity index (χ3n) is 2.60. The van der Waals surface area contributed by atoms with Crippen LogP contribution in [0.25, 0.3) is 0 Å². The van der Waals surface area contributed by atoms with Gasteiger partial charge in [-0.25, -0.2) is 4.79 Å². The zero-order valence-corrected chi connectivity index (χ0v) is 11.3. The highest BCUT2D eigenvalue weighted by Gasteiger charge is 2.25. The second-order valence-corrected chi connectivity index (χ2v) is 4.29. The molecule has 12 nitrogen and oxygen atoms in total. The molecule has 23 heavy (non-hydrogen) atoms. The Bertz CT molecular complexity index is 669. The molecule has 4 N–H and O–H groups in total. The van der Waals surface area contributed by atoms with Crippen LogP contribution in [-0.2, 0) is 9.59 Å². The van der Waals surface area contributed by atoms with E-state index in [9.17, 15) is 34.6 Å². The molecule has 12 heteroatoms. The maximum Gasteiger partial charge on any atom is 0.326 e. The fraction of sp³-hybridized carbons (Fsp3) is 0.182. The van der Waals surface area contributed by atoms with Crippen LogP contribution in [0.3, 0.4) is 0 Å². The number of carboxylic acids is 1. The molecule has 0 heterocycles. The van der Waals surface area contributed by atoms with Crippen LogP contribution >= 0.6 is 0 Å². The highest BCUT2D eigenvalue weighted by molar-refractivity contribution is 5.98. The summed E-state index contributed by atoms with van der Waals surface area (Å²) >= 11 is 0. The lowest BCUT2D eigenvalue weighted by atomic mass is 10.1. The lowest BCUT2D eigenvalue weighted by molar-refractivity contribution is -0.394. The number of amides is 2. The van der Waals surface area contributed by atoms with Crippen molar-refractivity contribution in [3.05, 3.63) is 44.0 Å². The van der Waals surface area contributed by atoms with Gasteiger partial charge < -0.3 is 16.2 Å². The zero-order valence-electron chi connectivity index (χ0n) is 11.3. The predicted molar refractivity (Wildman–Crippen MR) is 72.5 cm³/mol. The second-order valence-electron chi connectivity index (χ2n) is 4.29. The molecule has 0 fully saturated rings. The number of rotatable bonds is 7. The largest absolute Gasteiger partial charge is 0.480 e. The Morgan fingerprint density at radius 2 is 1.61 bits per heavy atom. The van der Waals surface area contributed by atoms with Crippen molar-refractivity contribution in [1.29, 1.82) is 0 Å². The minimum absolute atomic E-state index is 0.498. The van der Waals surface area contributed by atoms with Gasteiger partial charge in [0.05, 0.1) is 27.9 Å². The molecule has 1 aromatic rings. The number of primary amides is 1. The standard InChI is InChI=1S/C11H10N4O8/c12-9(16)4-8(11(18)19)13-10(17)5-1-6(14(20)21)3-7(2-5)15(22)23/h1-3,8H,4H2,(H2,12,16)(H,13,17)(H,18,19)/t8-/m1/s1. The van der Waals surface area contributed by atoms with Crippen molar-refractivity contribution >= 4 is 29.2 Å². The fourth-order valence-electron chi connectivity index (χ4n) is 1.58. The van der Waals surface area contributed by atoms with Crippen molar-refractivity contribution in [2.75, 3.05) is 0 Å². The average Bonchev–Trinajstić information content (AvgIpc) is 2.45. The molecule has 1 aromatic carbocycles. The summed E-state index contributed by atoms with van der Waals surface area (Å²) in [6.45, 7) is 0. The molecule has 0 bridgehead atoms. The summed E-state index contributed by atoms with van der Waals surface area (Å²) in [6, 6.07) is 0.463. The topological polar surface area (TPSA) is 196 Å². The third kappa shape index (κ3) is 4.73. The zero-order chi connectivity index (χ0) is 17.7. The smallest absolute Gasteiger partial charge is 0.326 e. The molecule has 0 aliphatic carbocycles. The summed E-state index contributed by atoms with van der Waals surface area (Å²) in [5.74, 6) is -3.69. The number of nitrogens with one attached hydrogen (secondary N) is 1. The van der Waals surface area contributed by atoms with Crippen molar-refractivity contribution in [3.63, 3.8) is 0 Å². The Kier molecular flexibility index (Phi) is 5.27. The average molecular weight is 326 g/mol. The van der Waals surface area contributed by atoms with E-state index in [1.54, 1.807) is 0 Å². The number of benzene rings is 1. The molecule has 0 aliphatic heterocycles. The molecule has 2 amide bonds. The summed E-state index contributed by atoms with van der Waals surface area (Å²) in [5, 5.41) is 32.2. The number of carboxylic acid groups (broad SMARTS) is 1. The van der Waals surface area contributed by atoms with Gasteiger partial charge >= 0.3 is 5.97 Å². The van der Waals surface area contributed by atoms with E-state index in [1.165, 1.54) is 0 Å². The first-order chi connectivity index (χ1) is 10.6. The quantitative estimate of drug-likeness (QED) is 0.442. The number of aliphatic carboxylic acids is 1. The Hall–Kier alpha value is -3.57. The van der Waals surface area contributed by atoms with E-state index in [1.807, 2.05) is 5.32 Å². The highest BCUT2D eigenvalue weighted by Crippen LogP contribution is 2.22. The predicted octanol–water partition coefficient (Wildman–Crippen LogP) is -0.439. The number of hydrogen-bond donors (Lipinski definition) is 3. The number of nitrogens with two attached hydrogens (primary N) is 1. The van der Waals surface area contributed by atoms with Crippen LogP contribution in [0.15, 0.2) is 18.2 Å². The van der Waals surface area contributed by atoms with Crippen LogP contribution in [0.2, 0.25) is 0 Å². The van der Waals surface area contributed by atoms with Crippen molar-refractivity contribution in [2.24, 2.45) is 5.73 Å². The second kappa shape index (κ2) is 6.93. The Balaban J connectivity index is 3.15. The molecule has 0 saturated carbocycles. The van der Waals surface area contributed by atoms with Gasteiger partial charge in [0.1, 0.15) is 6.04 Å². The maximum absolute atomic E-state index is 11.9. The third-order valence-corrected chi connectivity index (χ3v) is 2.60. The monoisotopic (exact) mass is 326 g/mol. The maximum atomic E-state index is 11.9. The Morgan fingerprint density at radius 1 is 1.13 bits per heavy atom. The van der Waals surface area contributed by atoms with Crippen molar-refractivity contribution in [3.8, 4) is 0 Å². The first-order valence-electron chi connectivity index (χ1n) is 5.87. The van der Waals surface area contributed by atoms with Gasteiger partial charge in [-0.15, -0.1) is 0 Å². The minimum Gasteiger partial charge on any atom is -0.480 e. The van der Waals surface area contributed by atoms with Gasteiger partial charge in [-0.2, -0.15) is 0 Å². The van der Waals surface area contributed by atoms with E-state index in [0.29, 0.717) is 6.07 Å². The molecule has 1 rings (SSSR count). The lowest BCUT2D eigenvalue weighted by Gasteiger charge is -2.12. The van der Waals surface area contributed by atoms with Crippen LogP contribution in [-0.4, -0.2) is 38.8 Å². The summed E-state index contributed by atoms with van der Waals surface area (Å²) in [4.78, 5) is 53.1. The molecule has 0 radical (unpaired) electrons. The van der Waals surface area contributed by atoms with Crippen LogP contribution in [0, 0.1) is 20.2 Å². The Labute approximate surface area is 127 Å². The molecule has 0 saturated heterocycles. The number of carbonyl (C=O) groups excluding carboxylic acids is 2. The number of non-ortho nitro benzene ring substituents is 2. The normalized spacial score (nSPS) is 11.3. The van der Waals surface area contributed by atoms with Gasteiger partial charge in [0, 0.05) is 12.1 Å². The summed E-state index contributed by atoms with van der Waals surface area (Å²) in [5.41, 5.74) is 2.91. The number of nitrogens with zero attached hydrogens (tertiary/aromatic N) is 2. The summed E-state index contributed by atoms with van der Waals surface area (Å²) in [7, 11) is 0. The number of nitro benzene ring substituents is 2.